The molecule has 0 spiro atoms. The topological polar surface area (TPSA) is 33.6 Å². The van der Waals surface area contributed by atoms with Gasteiger partial charge in [0.05, 0.1) is 39.4 Å². The van der Waals surface area contributed by atoms with Crippen LogP contribution in [0.3, 0.4) is 0 Å². The molecule has 0 saturated heterocycles. The largest absolute Gasteiger partial charge is 0.309 e. The molecule has 9 aromatic rings. The summed E-state index contributed by atoms with van der Waals surface area (Å²) in [6.45, 7) is 0. The van der Waals surface area contributed by atoms with Crippen molar-refractivity contribution in [2.75, 3.05) is 0 Å². The third kappa shape index (κ3) is 3.91. The van der Waals surface area contributed by atoms with Crippen molar-refractivity contribution in [2.45, 2.75) is 0 Å². The molecular formula is C43H27N3. The fraction of sp³-hybridized carbons (Fsp3) is 0. The van der Waals surface area contributed by atoms with Crippen LogP contribution in [0.1, 0.15) is 5.56 Å². The van der Waals surface area contributed by atoms with Gasteiger partial charge in [-0.2, -0.15) is 5.26 Å². The first kappa shape index (κ1) is 26.1. The average molecular weight is 586 g/mol. The van der Waals surface area contributed by atoms with Crippen LogP contribution in [0, 0.1) is 11.3 Å². The maximum absolute atomic E-state index is 9.78. The van der Waals surface area contributed by atoms with Crippen molar-refractivity contribution in [3.63, 3.8) is 0 Å². The van der Waals surface area contributed by atoms with Crippen molar-refractivity contribution < 1.29 is 0 Å². The quantitative estimate of drug-likeness (QED) is 0.202. The zero-order valence-electron chi connectivity index (χ0n) is 24.9. The molecule has 2 heterocycles. The molecule has 0 aliphatic carbocycles. The van der Waals surface area contributed by atoms with Crippen molar-refractivity contribution in [1.29, 1.82) is 5.26 Å². The van der Waals surface area contributed by atoms with Gasteiger partial charge >= 0.3 is 0 Å². The predicted octanol–water partition coefficient (Wildman–Crippen LogP) is 11.1. The smallest absolute Gasteiger partial charge is 0.0991 e. The van der Waals surface area contributed by atoms with Crippen LogP contribution in [0.2, 0.25) is 0 Å². The number of hydrogen-bond acceptors (Lipinski definition) is 1. The van der Waals surface area contributed by atoms with Crippen LogP contribution in [0.15, 0.2) is 164 Å². The first-order valence-corrected chi connectivity index (χ1v) is 15.5. The lowest BCUT2D eigenvalue weighted by Crippen LogP contribution is -2.00. The minimum atomic E-state index is 0.644. The fourth-order valence-electron chi connectivity index (χ4n) is 7.18. The highest BCUT2D eigenvalue weighted by Gasteiger charge is 2.19. The molecule has 0 saturated carbocycles. The van der Waals surface area contributed by atoms with Crippen LogP contribution in [-0.2, 0) is 0 Å². The van der Waals surface area contributed by atoms with E-state index >= 15 is 0 Å². The van der Waals surface area contributed by atoms with Gasteiger partial charge in [-0.25, -0.2) is 0 Å². The molecule has 46 heavy (non-hydrogen) atoms. The van der Waals surface area contributed by atoms with Gasteiger partial charge < -0.3 is 9.13 Å². The fourth-order valence-corrected chi connectivity index (χ4v) is 7.18. The monoisotopic (exact) mass is 585 g/mol. The highest BCUT2D eigenvalue weighted by atomic mass is 15.0. The lowest BCUT2D eigenvalue weighted by atomic mass is 9.92. The average Bonchev–Trinajstić information content (AvgIpc) is 3.64. The predicted molar refractivity (Wildman–Crippen MR) is 191 cm³/mol. The van der Waals surface area contributed by atoms with Gasteiger partial charge in [0, 0.05) is 32.8 Å². The van der Waals surface area contributed by atoms with E-state index in [0.717, 1.165) is 33.6 Å². The molecule has 7 aromatic carbocycles. The molecule has 3 heteroatoms. The zero-order chi connectivity index (χ0) is 30.6. The summed E-state index contributed by atoms with van der Waals surface area (Å²) >= 11 is 0. The molecule has 2 aromatic heterocycles. The maximum Gasteiger partial charge on any atom is 0.0991 e. The van der Waals surface area contributed by atoms with E-state index in [0.29, 0.717) is 5.56 Å². The third-order valence-electron chi connectivity index (χ3n) is 9.16. The van der Waals surface area contributed by atoms with Gasteiger partial charge in [0.2, 0.25) is 0 Å². The molecule has 0 aliphatic rings. The van der Waals surface area contributed by atoms with Gasteiger partial charge in [0.25, 0.3) is 0 Å². The summed E-state index contributed by atoms with van der Waals surface area (Å²) in [7, 11) is 0. The van der Waals surface area contributed by atoms with E-state index in [1.165, 1.54) is 43.6 Å². The lowest BCUT2D eigenvalue weighted by molar-refractivity contribution is 1.17. The zero-order valence-corrected chi connectivity index (χ0v) is 24.9. The number of nitriles is 1. The Bertz CT molecular complexity index is 2560. The Morgan fingerprint density at radius 3 is 1.50 bits per heavy atom. The highest BCUT2D eigenvalue weighted by molar-refractivity contribution is 6.11. The molecule has 0 amide bonds. The summed E-state index contributed by atoms with van der Waals surface area (Å²) in [6, 6.07) is 60.2. The van der Waals surface area contributed by atoms with Gasteiger partial charge in [-0.15, -0.1) is 0 Å². The van der Waals surface area contributed by atoms with Crippen LogP contribution < -0.4 is 0 Å². The molecule has 0 radical (unpaired) electrons. The van der Waals surface area contributed by atoms with Crippen molar-refractivity contribution in [3.05, 3.63) is 169 Å². The molecule has 3 nitrogen and oxygen atoms in total. The van der Waals surface area contributed by atoms with Gasteiger partial charge in [0.15, 0.2) is 0 Å². The number of benzene rings is 7. The SMILES string of the molecule is N#Cc1cccc(-c2ccc(-n3c4ccccc4c4ccccc43)cc2-c2ccccc2-n2c3ccccc3c3ccccc32)c1. The minimum Gasteiger partial charge on any atom is -0.309 e. The summed E-state index contributed by atoms with van der Waals surface area (Å²) < 4.78 is 4.76. The first-order valence-electron chi connectivity index (χ1n) is 15.5. The summed E-state index contributed by atoms with van der Waals surface area (Å²) in [5.41, 5.74) is 11.8. The van der Waals surface area contributed by atoms with Crippen LogP contribution in [0.4, 0.5) is 0 Å². The Morgan fingerprint density at radius 1 is 0.391 bits per heavy atom. The first-order chi connectivity index (χ1) is 22.8. The maximum atomic E-state index is 9.78. The lowest BCUT2D eigenvalue weighted by Gasteiger charge is -2.19. The molecule has 0 unspecified atom stereocenters. The summed E-state index contributed by atoms with van der Waals surface area (Å²) in [5, 5.41) is 14.7. The van der Waals surface area contributed by atoms with E-state index in [1.807, 2.05) is 18.2 Å². The van der Waals surface area contributed by atoms with Gasteiger partial charge in [0.1, 0.15) is 0 Å². The van der Waals surface area contributed by atoms with E-state index in [2.05, 4.69) is 161 Å². The highest BCUT2D eigenvalue weighted by Crippen LogP contribution is 2.42. The molecule has 214 valence electrons. The number of rotatable bonds is 4. The Hall–Kier alpha value is -6.37. The van der Waals surface area contributed by atoms with Crippen LogP contribution >= 0.6 is 0 Å². The number of para-hydroxylation sites is 5. The Balaban J connectivity index is 1.38. The van der Waals surface area contributed by atoms with Crippen LogP contribution in [-0.4, -0.2) is 9.13 Å². The van der Waals surface area contributed by atoms with Crippen LogP contribution in [0.5, 0.6) is 0 Å². The molecular weight excluding hydrogens is 558 g/mol. The van der Waals surface area contributed by atoms with Gasteiger partial charge in [-0.1, -0.05) is 109 Å². The second-order valence-electron chi connectivity index (χ2n) is 11.7. The van der Waals surface area contributed by atoms with Crippen molar-refractivity contribution in [1.82, 2.24) is 9.13 Å². The number of aromatic nitrogens is 2. The molecule has 0 fully saturated rings. The van der Waals surface area contributed by atoms with E-state index in [9.17, 15) is 5.26 Å². The Labute approximate surface area is 266 Å². The van der Waals surface area contributed by atoms with E-state index in [4.69, 9.17) is 0 Å². The van der Waals surface area contributed by atoms with E-state index in [-0.39, 0.29) is 0 Å². The van der Waals surface area contributed by atoms with E-state index in [1.54, 1.807) is 0 Å². The second kappa shape index (κ2) is 10.4. The Morgan fingerprint density at radius 2 is 0.913 bits per heavy atom. The molecule has 0 N–H and O–H groups in total. The molecule has 9 rings (SSSR count). The standard InChI is InChI=1S/C43H27N3/c44-28-29-12-11-13-30(26-29)32-25-24-31(45-39-19-6-1-14-33(39)34-15-2-7-20-40(34)45)27-38(32)37-18-5-10-23-43(37)46-41-21-8-3-16-35(41)36-17-4-9-22-42(36)46/h1-27H. The summed E-state index contributed by atoms with van der Waals surface area (Å²) in [5.74, 6) is 0. The normalized spacial score (nSPS) is 11.5. The minimum absolute atomic E-state index is 0.644. The Kier molecular flexibility index (Phi) is 5.88. The van der Waals surface area contributed by atoms with Crippen LogP contribution in [0.25, 0.3) is 77.2 Å². The van der Waals surface area contributed by atoms with Gasteiger partial charge in [-0.3, -0.25) is 0 Å². The molecule has 0 atom stereocenters. The number of nitrogens with zero attached hydrogens (tertiary/aromatic N) is 3. The molecule has 0 bridgehead atoms. The summed E-state index contributed by atoms with van der Waals surface area (Å²) in [6.07, 6.45) is 0. The van der Waals surface area contributed by atoms with Crippen molar-refractivity contribution in [3.8, 4) is 39.7 Å². The number of hydrogen-bond donors (Lipinski definition) is 0. The molecule has 0 aliphatic heterocycles. The third-order valence-corrected chi connectivity index (χ3v) is 9.16. The number of fused-ring (bicyclic) bond motifs is 6. The van der Waals surface area contributed by atoms with Gasteiger partial charge in [-0.05, 0) is 71.3 Å². The van der Waals surface area contributed by atoms with E-state index < -0.39 is 0 Å². The summed E-state index contributed by atoms with van der Waals surface area (Å²) in [4.78, 5) is 0. The second-order valence-corrected chi connectivity index (χ2v) is 11.7. The van der Waals surface area contributed by atoms with Crippen molar-refractivity contribution in [2.24, 2.45) is 0 Å². The van der Waals surface area contributed by atoms with Crippen molar-refractivity contribution >= 4 is 43.6 Å².